The first kappa shape index (κ1) is 20.5. The number of anilines is 1. The number of para-hydroxylation sites is 1. The van der Waals surface area contributed by atoms with Crippen LogP contribution in [0.2, 0.25) is 0 Å². The zero-order valence-corrected chi connectivity index (χ0v) is 17.1. The molecule has 0 bridgehead atoms. The van der Waals surface area contributed by atoms with Crippen LogP contribution in [0.25, 0.3) is 0 Å². The van der Waals surface area contributed by atoms with Crippen molar-refractivity contribution in [2.45, 2.75) is 66.2 Å². The van der Waals surface area contributed by atoms with Crippen LogP contribution in [0, 0.1) is 11.8 Å². The lowest BCUT2D eigenvalue weighted by molar-refractivity contribution is -0.137. The highest BCUT2D eigenvalue weighted by Gasteiger charge is 2.29. The number of rotatable bonds is 5. The topological polar surface area (TPSA) is 49.4 Å². The molecule has 1 aliphatic heterocycles. The van der Waals surface area contributed by atoms with Crippen molar-refractivity contribution in [1.29, 1.82) is 0 Å². The summed E-state index contributed by atoms with van der Waals surface area (Å²) in [5.41, 5.74) is 3.37. The molecule has 4 heteroatoms. The Morgan fingerprint density at radius 2 is 1.46 bits per heavy atom. The first-order valence-electron chi connectivity index (χ1n) is 9.94. The normalized spacial score (nSPS) is 15.8. The van der Waals surface area contributed by atoms with Gasteiger partial charge in [0.25, 0.3) is 0 Å². The molecule has 1 fully saturated rings. The molecule has 0 atom stereocenters. The summed E-state index contributed by atoms with van der Waals surface area (Å²) in [4.78, 5) is 26.9. The van der Waals surface area contributed by atoms with E-state index in [9.17, 15) is 9.59 Å². The van der Waals surface area contributed by atoms with Gasteiger partial charge in [-0.25, -0.2) is 0 Å². The van der Waals surface area contributed by atoms with E-state index in [4.69, 9.17) is 0 Å². The molecule has 0 unspecified atom stereocenters. The van der Waals surface area contributed by atoms with E-state index in [-0.39, 0.29) is 23.7 Å². The van der Waals surface area contributed by atoms with Crippen molar-refractivity contribution in [3.05, 3.63) is 29.3 Å². The highest BCUT2D eigenvalue weighted by molar-refractivity contribution is 5.94. The van der Waals surface area contributed by atoms with Gasteiger partial charge in [-0.1, -0.05) is 59.7 Å². The van der Waals surface area contributed by atoms with Gasteiger partial charge in [0.05, 0.1) is 0 Å². The number of nitrogens with zero attached hydrogens (tertiary/aromatic N) is 1. The first-order valence-corrected chi connectivity index (χ1v) is 9.94. The van der Waals surface area contributed by atoms with Gasteiger partial charge < -0.3 is 10.2 Å². The van der Waals surface area contributed by atoms with Gasteiger partial charge in [0.2, 0.25) is 11.8 Å². The lowest BCUT2D eigenvalue weighted by atomic mass is 9.91. The number of hydrogen-bond acceptors (Lipinski definition) is 2. The molecule has 4 nitrogen and oxygen atoms in total. The number of nitrogens with one attached hydrogen (secondary N) is 1. The largest absolute Gasteiger partial charge is 0.342 e. The van der Waals surface area contributed by atoms with Gasteiger partial charge >= 0.3 is 0 Å². The molecule has 0 spiro atoms. The number of carbonyl (C=O) groups is 2. The maximum Gasteiger partial charge on any atom is 0.227 e. The number of likely N-dealkylation sites (tertiary alicyclic amines) is 1. The van der Waals surface area contributed by atoms with Crippen molar-refractivity contribution in [3.8, 4) is 0 Å². The average Bonchev–Trinajstić information content (AvgIpc) is 2.60. The van der Waals surface area contributed by atoms with Crippen LogP contribution in [0.1, 0.15) is 77.3 Å². The minimum Gasteiger partial charge on any atom is -0.342 e. The van der Waals surface area contributed by atoms with Crippen LogP contribution < -0.4 is 5.32 Å². The van der Waals surface area contributed by atoms with Crippen molar-refractivity contribution in [2.24, 2.45) is 11.8 Å². The van der Waals surface area contributed by atoms with E-state index in [1.807, 2.05) is 18.7 Å². The molecule has 1 aromatic rings. The van der Waals surface area contributed by atoms with E-state index in [2.05, 4.69) is 51.2 Å². The van der Waals surface area contributed by atoms with E-state index in [1.165, 1.54) is 11.1 Å². The average molecular weight is 359 g/mol. The highest BCUT2D eigenvalue weighted by Crippen LogP contribution is 2.33. The molecule has 1 saturated heterocycles. The van der Waals surface area contributed by atoms with Gasteiger partial charge in [-0.05, 0) is 35.8 Å². The summed E-state index contributed by atoms with van der Waals surface area (Å²) in [7, 11) is 0. The minimum atomic E-state index is -0.0218. The minimum absolute atomic E-state index is 0.0203. The van der Waals surface area contributed by atoms with E-state index < -0.39 is 0 Å². The van der Waals surface area contributed by atoms with Gasteiger partial charge in [-0.15, -0.1) is 0 Å². The molecule has 1 N–H and O–H groups in total. The summed E-state index contributed by atoms with van der Waals surface area (Å²) < 4.78 is 0. The molecule has 144 valence electrons. The molecule has 0 saturated carbocycles. The van der Waals surface area contributed by atoms with Crippen LogP contribution in [0.3, 0.4) is 0 Å². The molecular weight excluding hydrogens is 324 g/mol. The number of amides is 2. The SMILES string of the molecule is CC(C)C(=O)N1CCC(C(=O)Nc2c(C(C)C)cccc2C(C)C)CC1. The number of benzene rings is 1. The van der Waals surface area contributed by atoms with E-state index in [1.54, 1.807) is 0 Å². The third-order valence-electron chi connectivity index (χ3n) is 5.29. The van der Waals surface area contributed by atoms with Gasteiger partial charge in [0.1, 0.15) is 0 Å². The third-order valence-corrected chi connectivity index (χ3v) is 5.29. The second-order valence-corrected chi connectivity index (χ2v) is 8.36. The van der Waals surface area contributed by atoms with Crippen molar-refractivity contribution in [2.75, 3.05) is 18.4 Å². The van der Waals surface area contributed by atoms with Crippen LogP contribution in [0.4, 0.5) is 5.69 Å². The standard InChI is InChI=1S/C22H34N2O2/c1-14(2)18-8-7-9-19(15(3)4)20(18)23-21(25)17-10-12-24(13-11-17)22(26)16(5)6/h7-9,14-17H,10-13H2,1-6H3,(H,23,25). The van der Waals surface area contributed by atoms with E-state index in [0.29, 0.717) is 24.9 Å². The number of carbonyl (C=O) groups excluding carboxylic acids is 2. The second-order valence-electron chi connectivity index (χ2n) is 8.36. The summed E-state index contributed by atoms with van der Waals surface area (Å²) in [6, 6.07) is 6.29. The molecule has 0 radical (unpaired) electrons. The van der Waals surface area contributed by atoms with Crippen LogP contribution in [0.5, 0.6) is 0 Å². The molecule has 26 heavy (non-hydrogen) atoms. The fourth-order valence-corrected chi connectivity index (χ4v) is 3.65. The Bertz CT molecular complexity index is 615. The van der Waals surface area contributed by atoms with Crippen LogP contribution >= 0.6 is 0 Å². The summed E-state index contributed by atoms with van der Waals surface area (Å²) >= 11 is 0. The fraction of sp³-hybridized carbons (Fsp3) is 0.636. The number of hydrogen-bond donors (Lipinski definition) is 1. The zero-order valence-electron chi connectivity index (χ0n) is 17.1. The quantitative estimate of drug-likeness (QED) is 0.824. The maximum atomic E-state index is 12.9. The molecule has 1 aliphatic rings. The Balaban J connectivity index is 2.10. The van der Waals surface area contributed by atoms with E-state index in [0.717, 1.165) is 18.5 Å². The van der Waals surface area contributed by atoms with Gasteiger partial charge in [0.15, 0.2) is 0 Å². The molecule has 1 aromatic carbocycles. The Kier molecular flexibility index (Phi) is 6.85. The lowest BCUT2D eigenvalue weighted by Gasteiger charge is -2.33. The molecule has 1 heterocycles. The van der Waals surface area contributed by atoms with Crippen molar-refractivity contribution in [1.82, 2.24) is 4.90 Å². The Morgan fingerprint density at radius 1 is 0.962 bits per heavy atom. The monoisotopic (exact) mass is 358 g/mol. The molecular formula is C22H34N2O2. The van der Waals surface area contributed by atoms with Gasteiger partial charge in [-0.2, -0.15) is 0 Å². The first-order chi connectivity index (χ1) is 12.2. The van der Waals surface area contributed by atoms with Crippen molar-refractivity contribution >= 4 is 17.5 Å². The smallest absolute Gasteiger partial charge is 0.227 e. The summed E-state index contributed by atoms with van der Waals surface area (Å²) in [5.74, 6) is 0.995. The summed E-state index contributed by atoms with van der Waals surface area (Å²) in [6.45, 7) is 13.8. The van der Waals surface area contributed by atoms with Crippen LogP contribution in [-0.4, -0.2) is 29.8 Å². The Morgan fingerprint density at radius 3 is 1.88 bits per heavy atom. The second kappa shape index (κ2) is 8.70. The zero-order chi connectivity index (χ0) is 19.4. The van der Waals surface area contributed by atoms with Gasteiger partial charge in [0, 0.05) is 30.6 Å². The third kappa shape index (κ3) is 4.66. The van der Waals surface area contributed by atoms with Crippen LogP contribution in [-0.2, 0) is 9.59 Å². The predicted octanol–water partition coefficient (Wildman–Crippen LogP) is 4.77. The number of piperidine rings is 1. The predicted molar refractivity (Wildman–Crippen MR) is 107 cm³/mol. The van der Waals surface area contributed by atoms with Crippen molar-refractivity contribution < 1.29 is 9.59 Å². The Labute approximate surface area is 158 Å². The maximum absolute atomic E-state index is 12.9. The van der Waals surface area contributed by atoms with Gasteiger partial charge in [-0.3, -0.25) is 9.59 Å². The molecule has 0 aliphatic carbocycles. The molecule has 2 amide bonds. The molecule has 0 aromatic heterocycles. The van der Waals surface area contributed by atoms with E-state index >= 15 is 0 Å². The van der Waals surface area contributed by atoms with Crippen molar-refractivity contribution in [3.63, 3.8) is 0 Å². The fourth-order valence-electron chi connectivity index (χ4n) is 3.65. The summed E-state index contributed by atoms with van der Waals surface area (Å²) in [5, 5.41) is 3.24. The Hall–Kier alpha value is -1.84. The highest BCUT2D eigenvalue weighted by atomic mass is 16.2. The summed E-state index contributed by atoms with van der Waals surface area (Å²) in [6.07, 6.45) is 1.48. The lowest BCUT2D eigenvalue weighted by Crippen LogP contribution is -2.43. The van der Waals surface area contributed by atoms with Crippen LogP contribution in [0.15, 0.2) is 18.2 Å². The molecule has 2 rings (SSSR count).